The molecule has 0 aliphatic heterocycles. The minimum absolute atomic E-state index is 0.451. The molecule has 0 saturated heterocycles. The van der Waals surface area contributed by atoms with Crippen LogP contribution in [0, 0.1) is 0 Å². The Bertz CT molecular complexity index is 837. The fourth-order valence-corrected chi connectivity index (χ4v) is 2.98. The van der Waals surface area contributed by atoms with Crippen molar-refractivity contribution < 1.29 is 4.79 Å². The quantitative estimate of drug-likeness (QED) is 0.800. The zero-order valence-corrected chi connectivity index (χ0v) is 12.5. The number of hydrogen-bond donors (Lipinski definition) is 1. The zero-order chi connectivity index (χ0) is 15.5. The van der Waals surface area contributed by atoms with Gasteiger partial charge in [-0.15, -0.1) is 10.2 Å². The van der Waals surface area contributed by atoms with Crippen LogP contribution in [0.15, 0.2) is 55.1 Å². The van der Waals surface area contributed by atoms with Crippen molar-refractivity contribution in [2.24, 2.45) is 5.73 Å². The average Bonchev–Trinajstić information content (AvgIpc) is 3.04. The lowest BCUT2D eigenvalue weighted by atomic mass is 10.1. The summed E-state index contributed by atoms with van der Waals surface area (Å²) in [7, 11) is 0. The van der Waals surface area contributed by atoms with E-state index in [1.54, 1.807) is 18.2 Å². The van der Waals surface area contributed by atoms with E-state index in [2.05, 4.69) is 16.8 Å². The molecule has 108 valence electrons. The van der Waals surface area contributed by atoms with Gasteiger partial charge in [0, 0.05) is 16.7 Å². The second-order valence-electron chi connectivity index (χ2n) is 4.65. The molecule has 5 heteroatoms. The van der Waals surface area contributed by atoms with E-state index in [1.807, 2.05) is 36.4 Å². The first-order valence-corrected chi connectivity index (χ1v) is 7.46. The molecule has 0 atom stereocenters. The largest absolute Gasteiger partial charge is 0.366 e. The second-order valence-corrected chi connectivity index (χ2v) is 5.63. The molecule has 0 spiro atoms. The molecule has 0 radical (unpaired) electrons. The van der Waals surface area contributed by atoms with Gasteiger partial charge in [-0.3, -0.25) is 4.79 Å². The van der Waals surface area contributed by atoms with E-state index in [1.165, 1.54) is 11.3 Å². The van der Waals surface area contributed by atoms with Crippen LogP contribution >= 0.6 is 11.3 Å². The fraction of sp³-hybridized carbons (Fsp3) is 0. The van der Waals surface area contributed by atoms with Crippen LogP contribution in [0.25, 0.3) is 27.2 Å². The molecule has 22 heavy (non-hydrogen) atoms. The smallest absolute Gasteiger partial charge is 0.249 e. The minimum Gasteiger partial charge on any atom is -0.366 e. The number of benzene rings is 2. The van der Waals surface area contributed by atoms with Crippen LogP contribution < -0.4 is 5.73 Å². The molecule has 0 bridgehead atoms. The lowest BCUT2D eigenvalue weighted by molar-refractivity contribution is 0.100. The normalized spacial score (nSPS) is 10.4. The van der Waals surface area contributed by atoms with Gasteiger partial charge in [0.05, 0.1) is 0 Å². The van der Waals surface area contributed by atoms with E-state index < -0.39 is 5.91 Å². The molecule has 1 amide bonds. The molecular formula is C17H13N3OS. The molecule has 0 aliphatic rings. The maximum atomic E-state index is 11.5. The Morgan fingerprint density at radius 1 is 1.05 bits per heavy atom. The molecule has 4 nitrogen and oxygen atoms in total. The SMILES string of the molecule is C=Cc1ccc(-c2nnc(-c3ccccc3C(N)=O)s2)cc1. The first-order valence-electron chi connectivity index (χ1n) is 6.64. The van der Waals surface area contributed by atoms with Crippen LogP contribution in [0.5, 0.6) is 0 Å². The molecule has 1 aromatic heterocycles. The van der Waals surface area contributed by atoms with Crippen molar-refractivity contribution >= 4 is 23.3 Å². The standard InChI is InChI=1S/C17H13N3OS/c1-2-11-7-9-12(10-8-11)16-19-20-17(22-16)14-6-4-3-5-13(14)15(18)21/h2-10H,1H2,(H2,18,21). The molecule has 0 fully saturated rings. The van der Waals surface area contributed by atoms with Crippen LogP contribution in [0.1, 0.15) is 15.9 Å². The summed E-state index contributed by atoms with van der Waals surface area (Å²) in [6.45, 7) is 3.73. The Hall–Kier alpha value is -2.79. The third kappa shape index (κ3) is 2.66. The van der Waals surface area contributed by atoms with Gasteiger partial charge >= 0.3 is 0 Å². The summed E-state index contributed by atoms with van der Waals surface area (Å²) in [6.07, 6.45) is 1.79. The molecule has 2 aromatic carbocycles. The highest BCUT2D eigenvalue weighted by Gasteiger charge is 2.14. The maximum absolute atomic E-state index is 11.5. The number of nitrogens with zero attached hydrogens (tertiary/aromatic N) is 2. The predicted octanol–water partition coefficient (Wildman–Crippen LogP) is 3.61. The van der Waals surface area contributed by atoms with Crippen molar-refractivity contribution in [2.45, 2.75) is 0 Å². The van der Waals surface area contributed by atoms with Crippen LogP contribution in [-0.4, -0.2) is 16.1 Å². The third-order valence-corrected chi connectivity index (χ3v) is 4.25. The number of rotatable bonds is 4. The summed E-state index contributed by atoms with van der Waals surface area (Å²) < 4.78 is 0. The monoisotopic (exact) mass is 307 g/mol. The van der Waals surface area contributed by atoms with Gasteiger partial charge < -0.3 is 5.73 Å². The van der Waals surface area contributed by atoms with E-state index in [-0.39, 0.29) is 0 Å². The van der Waals surface area contributed by atoms with Crippen molar-refractivity contribution in [2.75, 3.05) is 0 Å². The first-order chi connectivity index (χ1) is 10.7. The van der Waals surface area contributed by atoms with E-state index >= 15 is 0 Å². The number of hydrogen-bond acceptors (Lipinski definition) is 4. The van der Waals surface area contributed by atoms with Crippen molar-refractivity contribution in [1.29, 1.82) is 0 Å². The third-order valence-electron chi connectivity index (χ3n) is 3.24. The second kappa shape index (κ2) is 5.91. The Balaban J connectivity index is 2.00. The van der Waals surface area contributed by atoms with Gasteiger partial charge in [0.1, 0.15) is 10.0 Å². The number of amides is 1. The maximum Gasteiger partial charge on any atom is 0.249 e. The first kappa shape index (κ1) is 14.2. The highest BCUT2D eigenvalue weighted by atomic mass is 32.1. The Morgan fingerprint density at radius 2 is 1.73 bits per heavy atom. The summed E-state index contributed by atoms with van der Waals surface area (Å²) in [6, 6.07) is 15.0. The highest BCUT2D eigenvalue weighted by molar-refractivity contribution is 7.18. The zero-order valence-electron chi connectivity index (χ0n) is 11.7. The molecule has 3 aromatic rings. The lowest BCUT2D eigenvalue weighted by Crippen LogP contribution is -2.12. The van der Waals surface area contributed by atoms with Crippen LogP contribution in [0.2, 0.25) is 0 Å². The van der Waals surface area contributed by atoms with E-state index in [9.17, 15) is 4.79 Å². The molecule has 3 rings (SSSR count). The van der Waals surface area contributed by atoms with Gasteiger partial charge in [0.25, 0.3) is 0 Å². The highest BCUT2D eigenvalue weighted by Crippen LogP contribution is 2.31. The number of nitrogens with two attached hydrogens (primary N) is 1. The van der Waals surface area contributed by atoms with Crippen LogP contribution in [0.4, 0.5) is 0 Å². The van der Waals surface area contributed by atoms with Gasteiger partial charge in [-0.05, 0) is 11.6 Å². The van der Waals surface area contributed by atoms with Gasteiger partial charge in [0.2, 0.25) is 5.91 Å². The van der Waals surface area contributed by atoms with Gasteiger partial charge in [-0.2, -0.15) is 0 Å². The van der Waals surface area contributed by atoms with E-state index in [0.29, 0.717) is 16.1 Å². The number of primary amides is 1. The van der Waals surface area contributed by atoms with Crippen molar-refractivity contribution in [3.05, 3.63) is 66.2 Å². The summed E-state index contributed by atoms with van der Waals surface area (Å²) in [4.78, 5) is 11.5. The van der Waals surface area contributed by atoms with E-state index in [4.69, 9.17) is 5.73 Å². The van der Waals surface area contributed by atoms with Gasteiger partial charge in [-0.1, -0.05) is 66.5 Å². The lowest BCUT2D eigenvalue weighted by Gasteiger charge is -2.01. The van der Waals surface area contributed by atoms with Crippen molar-refractivity contribution in [3.63, 3.8) is 0 Å². The van der Waals surface area contributed by atoms with Crippen LogP contribution in [0.3, 0.4) is 0 Å². The fourth-order valence-electron chi connectivity index (χ4n) is 2.09. The van der Waals surface area contributed by atoms with Gasteiger partial charge in [-0.25, -0.2) is 0 Å². The Morgan fingerprint density at radius 3 is 2.41 bits per heavy atom. The van der Waals surface area contributed by atoms with E-state index in [0.717, 1.165) is 16.1 Å². The Kier molecular flexibility index (Phi) is 3.80. The summed E-state index contributed by atoms with van der Waals surface area (Å²) >= 11 is 1.43. The topological polar surface area (TPSA) is 68.9 Å². The molecular weight excluding hydrogens is 294 g/mol. The van der Waals surface area contributed by atoms with Crippen molar-refractivity contribution in [3.8, 4) is 21.1 Å². The van der Waals surface area contributed by atoms with Gasteiger partial charge in [0.15, 0.2) is 0 Å². The Labute approximate surface area is 132 Å². The molecule has 2 N–H and O–H groups in total. The summed E-state index contributed by atoms with van der Waals surface area (Å²) in [5, 5.41) is 9.87. The number of aromatic nitrogens is 2. The predicted molar refractivity (Wildman–Crippen MR) is 89.4 cm³/mol. The molecule has 0 unspecified atom stereocenters. The summed E-state index contributed by atoms with van der Waals surface area (Å²) in [5.41, 5.74) is 8.60. The average molecular weight is 307 g/mol. The number of carbonyl (C=O) groups excluding carboxylic acids is 1. The van der Waals surface area contributed by atoms with Crippen molar-refractivity contribution in [1.82, 2.24) is 10.2 Å². The molecule has 1 heterocycles. The summed E-state index contributed by atoms with van der Waals surface area (Å²) in [5.74, 6) is -0.470. The number of carbonyl (C=O) groups is 1. The molecule has 0 aliphatic carbocycles. The molecule has 0 saturated carbocycles. The minimum atomic E-state index is -0.470. The van der Waals surface area contributed by atoms with Crippen LogP contribution in [-0.2, 0) is 0 Å².